The smallest absolute Gasteiger partial charge is 0.266 e. The normalized spacial score (nSPS) is 17.3. The second kappa shape index (κ2) is 6.04. The average molecular weight is 363 g/mol. The molecule has 0 spiro atoms. The number of fused-ring (bicyclic) bond motifs is 1. The summed E-state index contributed by atoms with van der Waals surface area (Å²) < 4.78 is 1.57. The maximum Gasteiger partial charge on any atom is 0.266 e. The van der Waals surface area contributed by atoms with Gasteiger partial charge in [0.05, 0.1) is 23.3 Å². The predicted molar refractivity (Wildman–Crippen MR) is 101 cm³/mol. The largest absolute Gasteiger partial charge is 0.342 e. The molecule has 1 amide bonds. The van der Waals surface area contributed by atoms with Crippen molar-refractivity contribution in [2.24, 2.45) is 5.92 Å². The van der Waals surface area contributed by atoms with Crippen LogP contribution in [0, 0.1) is 12.8 Å². The molecule has 1 aliphatic carbocycles. The minimum Gasteiger partial charge on any atom is -0.342 e. The van der Waals surface area contributed by atoms with Gasteiger partial charge in [-0.25, -0.2) is 9.67 Å². The van der Waals surface area contributed by atoms with Crippen molar-refractivity contribution in [1.82, 2.24) is 24.6 Å². The van der Waals surface area contributed by atoms with Crippen LogP contribution in [0.25, 0.3) is 11.0 Å². The second-order valence-electron chi connectivity index (χ2n) is 7.68. The van der Waals surface area contributed by atoms with E-state index in [4.69, 9.17) is 0 Å². The minimum absolute atomic E-state index is 0.0208. The number of nitrogens with one attached hydrogen (secondary N) is 1. The van der Waals surface area contributed by atoms with Crippen molar-refractivity contribution < 1.29 is 4.79 Å². The van der Waals surface area contributed by atoms with Crippen LogP contribution in [-0.2, 0) is 6.54 Å². The summed E-state index contributed by atoms with van der Waals surface area (Å²) in [6, 6.07) is 9.01. The van der Waals surface area contributed by atoms with E-state index in [0.29, 0.717) is 31.1 Å². The molecular formula is C20H21N5O2. The third-order valence-corrected chi connectivity index (χ3v) is 5.41. The minimum atomic E-state index is -0.0655. The first-order valence-electron chi connectivity index (χ1n) is 9.40. The highest BCUT2D eigenvalue weighted by molar-refractivity contribution is 5.97. The maximum atomic E-state index is 12.7. The topological polar surface area (TPSA) is 83.9 Å². The fourth-order valence-electron chi connectivity index (χ4n) is 3.74. The number of nitrogens with zero attached hydrogens (tertiary/aromatic N) is 4. The summed E-state index contributed by atoms with van der Waals surface area (Å²) in [5, 5.41) is 4.51. The maximum absolute atomic E-state index is 12.7. The predicted octanol–water partition coefficient (Wildman–Crippen LogP) is 2.08. The Morgan fingerprint density at radius 3 is 2.81 bits per heavy atom. The lowest BCUT2D eigenvalue weighted by Gasteiger charge is -2.39. The Balaban J connectivity index is 1.25. The lowest BCUT2D eigenvalue weighted by atomic mass is 9.98. The van der Waals surface area contributed by atoms with Gasteiger partial charge in [0.25, 0.3) is 11.5 Å². The quantitative estimate of drug-likeness (QED) is 0.769. The Hall–Kier alpha value is -2.96. The Morgan fingerprint density at radius 1 is 1.22 bits per heavy atom. The van der Waals surface area contributed by atoms with Gasteiger partial charge in [-0.1, -0.05) is 0 Å². The molecule has 27 heavy (non-hydrogen) atoms. The molecule has 2 fully saturated rings. The lowest BCUT2D eigenvalue weighted by Crippen LogP contribution is -2.52. The number of imidazole rings is 1. The van der Waals surface area contributed by atoms with Gasteiger partial charge in [-0.2, -0.15) is 5.10 Å². The monoisotopic (exact) mass is 363 g/mol. The molecule has 7 nitrogen and oxygen atoms in total. The first-order chi connectivity index (χ1) is 13.1. The summed E-state index contributed by atoms with van der Waals surface area (Å²) in [6.07, 6.45) is 2.33. The lowest BCUT2D eigenvalue weighted by molar-refractivity contribution is 0.0458. The van der Waals surface area contributed by atoms with Crippen molar-refractivity contribution in [3.8, 4) is 0 Å². The van der Waals surface area contributed by atoms with Crippen molar-refractivity contribution in [3.05, 3.63) is 57.8 Å². The van der Waals surface area contributed by atoms with E-state index in [1.54, 1.807) is 10.7 Å². The molecule has 1 saturated carbocycles. The number of aromatic nitrogens is 4. The van der Waals surface area contributed by atoms with Gasteiger partial charge < -0.3 is 9.88 Å². The van der Waals surface area contributed by atoms with Crippen molar-refractivity contribution in [3.63, 3.8) is 0 Å². The van der Waals surface area contributed by atoms with Gasteiger partial charge in [0.1, 0.15) is 5.82 Å². The van der Waals surface area contributed by atoms with E-state index in [2.05, 4.69) is 15.1 Å². The molecule has 1 aliphatic heterocycles. The zero-order valence-corrected chi connectivity index (χ0v) is 15.2. The van der Waals surface area contributed by atoms with Gasteiger partial charge in [-0.15, -0.1) is 0 Å². The third-order valence-electron chi connectivity index (χ3n) is 5.41. The summed E-state index contributed by atoms with van der Waals surface area (Å²) >= 11 is 0. The third kappa shape index (κ3) is 3.03. The first kappa shape index (κ1) is 16.2. The second-order valence-corrected chi connectivity index (χ2v) is 7.68. The van der Waals surface area contributed by atoms with Crippen LogP contribution >= 0.6 is 0 Å². The van der Waals surface area contributed by atoms with Gasteiger partial charge in [0.2, 0.25) is 0 Å². The Morgan fingerprint density at radius 2 is 2.04 bits per heavy atom. The van der Waals surface area contributed by atoms with Crippen molar-refractivity contribution >= 4 is 16.9 Å². The number of hydrogen-bond donors (Lipinski definition) is 1. The SMILES string of the molecule is Cc1nc2ccc(C(=O)N3CC(Cn4nc(C5CC5)ccc4=O)C3)cc2[nH]1. The number of amides is 1. The molecule has 0 unspecified atom stereocenters. The van der Waals surface area contributed by atoms with Crippen molar-refractivity contribution in [1.29, 1.82) is 0 Å². The molecule has 1 saturated heterocycles. The van der Waals surface area contributed by atoms with Crippen LogP contribution in [0.5, 0.6) is 0 Å². The highest BCUT2D eigenvalue weighted by atomic mass is 16.2. The van der Waals surface area contributed by atoms with Gasteiger partial charge in [0.15, 0.2) is 0 Å². The molecule has 1 N–H and O–H groups in total. The van der Waals surface area contributed by atoms with Crippen LogP contribution in [-0.4, -0.2) is 43.6 Å². The highest BCUT2D eigenvalue weighted by Gasteiger charge is 2.32. The molecule has 2 aromatic heterocycles. The fraction of sp³-hybridized carbons (Fsp3) is 0.400. The molecule has 0 atom stereocenters. The molecular weight excluding hydrogens is 342 g/mol. The zero-order valence-electron chi connectivity index (χ0n) is 15.2. The number of likely N-dealkylation sites (tertiary alicyclic amines) is 1. The number of hydrogen-bond acceptors (Lipinski definition) is 4. The summed E-state index contributed by atoms with van der Waals surface area (Å²) in [5.74, 6) is 1.65. The fourth-order valence-corrected chi connectivity index (χ4v) is 3.74. The van der Waals surface area contributed by atoms with E-state index in [0.717, 1.165) is 35.4 Å². The summed E-state index contributed by atoms with van der Waals surface area (Å²) in [4.78, 5) is 34.1. The van der Waals surface area contributed by atoms with Crippen LogP contribution in [0.2, 0.25) is 0 Å². The average Bonchev–Trinajstić information content (AvgIpc) is 3.39. The molecule has 0 bridgehead atoms. The van der Waals surface area contributed by atoms with Crippen LogP contribution in [0.1, 0.15) is 40.6 Å². The van der Waals surface area contributed by atoms with E-state index in [9.17, 15) is 9.59 Å². The van der Waals surface area contributed by atoms with Crippen LogP contribution in [0.15, 0.2) is 35.1 Å². The van der Waals surface area contributed by atoms with Crippen molar-refractivity contribution in [2.45, 2.75) is 32.2 Å². The molecule has 3 heterocycles. The number of aromatic amines is 1. The summed E-state index contributed by atoms with van der Waals surface area (Å²) in [7, 11) is 0. The Kier molecular flexibility index (Phi) is 3.63. The van der Waals surface area contributed by atoms with Gasteiger partial charge in [-0.3, -0.25) is 9.59 Å². The van der Waals surface area contributed by atoms with Gasteiger partial charge in [0, 0.05) is 36.6 Å². The van der Waals surface area contributed by atoms with Gasteiger partial charge >= 0.3 is 0 Å². The molecule has 2 aliphatic rings. The highest BCUT2D eigenvalue weighted by Crippen LogP contribution is 2.38. The molecule has 5 rings (SSSR count). The molecule has 7 heteroatoms. The number of carbonyl (C=O) groups is 1. The molecule has 1 aromatic carbocycles. The number of carbonyl (C=O) groups excluding carboxylic acids is 1. The number of aryl methyl sites for hydroxylation is 1. The van der Waals surface area contributed by atoms with E-state index in [1.165, 1.54) is 0 Å². The van der Waals surface area contributed by atoms with Crippen molar-refractivity contribution in [2.75, 3.05) is 13.1 Å². The van der Waals surface area contributed by atoms with Gasteiger partial charge in [-0.05, 0) is 44.0 Å². The number of H-pyrrole nitrogens is 1. The molecule has 138 valence electrons. The van der Waals surface area contributed by atoms with E-state index in [-0.39, 0.29) is 17.4 Å². The van der Waals surface area contributed by atoms with E-state index < -0.39 is 0 Å². The molecule has 3 aromatic rings. The number of benzene rings is 1. The van der Waals surface area contributed by atoms with E-state index >= 15 is 0 Å². The first-order valence-corrected chi connectivity index (χ1v) is 9.40. The van der Waals surface area contributed by atoms with E-state index in [1.807, 2.05) is 36.1 Å². The number of rotatable bonds is 4. The Labute approximate surface area is 156 Å². The van der Waals surface area contributed by atoms with Crippen LogP contribution < -0.4 is 5.56 Å². The van der Waals surface area contributed by atoms with Crippen LogP contribution in [0.3, 0.4) is 0 Å². The zero-order chi connectivity index (χ0) is 18.5. The Bertz CT molecular complexity index is 1090. The molecule has 0 radical (unpaired) electrons. The van der Waals surface area contributed by atoms with Crippen LogP contribution in [0.4, 0.5) is 0 Å². The standard InChI is InChI=1S/C20H21N5O2/c1-12-21-17-5-4-15(8-18(17)22-12)20(27)24-9-13(10-24)11-25-19(26)7-6-16(23-25)14-2-3-14/h4-8,13-14H,2-3,9-11H2,1H3,(H,21,22). The summed E-state index contributed by atoms with van der Waals surface area (Å²) in [5.41, 5.74) is 3.36. The summed E-state index contributed by atoms with van der Waals surface area (Å²) in [6.45, 7) is 3.78.